The van der Waals surface area contributed by atoms with Crippen molar-refractivity contribution in [3.8, 4) is 0 Å². The van der Waals surface area contributed by atoms with Gasteiger partial charge in [-0.05, 0) is 82.1 Å². The van der Waals surface area contributed by atoms with Crippen molar-refractivity contribution in [1.29, 1.82) is 0 Å². The molecule has 2 saturated heterocycles. The Labute approximate surface area is 118 Å². The molecule has 0 aromatic heterocycles. The minimum atomic E-state index is 0.879. The lowest BCUT2D eigenvalue weighted by atomic mass is 9.89. The van der Waals surface area contributed by atoms with Crippen molar-refractivity contribution >= 4 is 0 Å². The largest absolute Gasteiger partial charge is 0.311 e. The highest BCUT2D eigenvalue weighted by molar-refractivity contribution is 4.92. The zero-order chi connectivity index (χ0) is 12.7. The number of nitrogens with one attached hydrogen (secondary N) is 1. The predicted molar refractivity (Wildman–Crippen MR) is 79.2 cm³/mol. The van der Waals surface area contributed by atoms with Crippen LogP contribution in [-0.2, 0) is 0 Å². The molecule has 2 unspecified atom stereocenters. The fourth-order valence-electron chi connectivity index (χ4n) is 4.36. The van der Waals surface area contributed by atoms with Gasteiger partial charge in [0.25, 0.3) is 0 Å². The molecular formula is C17H30N2. The number of rotatable bonds is 7. The third-order valence-corrected chi connectivity index (χ3v) is 5.85. The molecule has 0 aromatic rings. The Morgan fingerprint density at radius 3 is 1.84 bits per heavy atom. The molecule has 2 bridgehead atoms. The number of hydrogen-bond acceptors (Lipinski definition) is 2. The average molecular weight is 262 g/mol. The SMILES string of the molecule is C(CN(CC1CC1)CC1CC1)C1CC2CCC(C1)N2. The van der Waals surface area contributed by atoms with Crippen LogP contribution in [0.2, 0.25) is 0 Å². The van der Waals surface area contributed by atoms with E-state index in [1.165, 1.54) is 77.4 Å². The van der Waals surface area contributed by atoms with Gasteiger partial charge < -0.3 is 10.2 Å². The van der Waals surface area contributed by atoms with Gasteiger partial charge in [0.15, 0.2) is 0 Å². The summed E-state index contributed by atoms with van der Waals surface area (Å²) in [4.78, 5) is 2.83. The van der Waals surface area contributed by atoms with Crippen molar-refractivity contribution < 1.29 is 0 Å². The zero-order valence-corrected chi connectivity index (χ0v) is 12.3. The maximum atomic E-state index is 3.78. The topological polar surface area (TPSA) is 15.3 Å². The molecule has 0 aromatic carbocycles. The molecule has 1 N–H and O–H groups in total. The fraction of sp³-hybridized carbons (Fsp3) is 1.00. The minimum absolute atomic E-state index is 0.879. The first-order valence-electron chi connectivity index (χ1n) is 8.83. The lowest BCUT2D eigenvalue weighted by Gasteiger charge is -2.31. The molecule has 2 heteroatoms. The Morgan fingerprint density at radius 1 is 0.737 bits per heavy atom. The van der Waals surface area contributed by atoms with E-state index in [1.54, 1.807) is 0 Å². The smallest absolute Gasteiger partial charge is 0.00728 e. The Hall–Kier alpha value is -0.0800. The van der Waals surface area contributed by atoms with Crippen molar-refractivity contribution in [2.24, 2.45) is 17.8 Å². The van der Waals surface area contributed by atoms with E-state index in [9.17, 15) is 0 Å². The van der Waals surface area contributed by atoms with Crippen LogP contribution in [0, 0.1) is 17.8 Å². The van der Waals surface area contributed by atoms with E-state index in [1.807, 2.05) is 0 Å². The van der Waals surface area contributed by atoms with E-state index in [0.717, 1.165) is 29.8 Å². The van der Waals surface area contributed by atoms with Crippen LogP contribution in [0.25, 0.3) is 0 Å². The third-order valence-electron chi connectivity index (χ3n) is 5.85. The molecule has 2 saturated carbocycles. The van der Waals surface area contributed by atoms with E-state index < -0.39 is 0 Å². The molecule has 4 aliphatic rings. The first kappa shape index (κ1) is 12.6. The molecule has 2 atom stereocenters. The molecule has 2 aliphatic heterocycles. The van der Waals surface area contributed by atoms with Gasteiger partial charge in [0.1, 0.15) is 0 Å². The molecule has 0 amide bonds. The molecule has 2 aliphatic carbocycles. The highest BCUT2D eigenvalue weighted by atomic mass is 15.1. The van der Waals surface area contributed by atoms with Gasteiger partial charge in [0.05, 0.1) is 0 Å². The summed E-state index contributed by atoms with van der Waals surface area (Å²) in [6.07, 6.45) is 13.4. The van der Waals surface area contributed by atoms with Gasteiger partial charge in [-0.25, -0.2) is 0 Å². The van der Waals surface area contributed by atoms with Crippen molar-refractivity contribution in [3.63, 3.8) is 0 Å². The second kappa shape index (κ2) is 5.37. The summed E-state index contributed by atoms with van der Waals surface area (Å²) < 4.78 is 0. The summed E-state index contributed by atoms with van der Waals surface area (Å²) in [7, 11) is 0. The number of hydrogen-bond donors (Lipinski definition) is 1. The fourth-order valence-corrected chi connectivity index (χ4v) is 4.36. The summed E-state index contributed by atoms with van der Waals surface area (Å²) in [5.41, 5.74) is 0. The Bertz CT molecular complexity index is 282. The average Bonchev–Trinajstić information content (AvgIpc) is 3.31. The van der Waals surface area contributed by atoms with Gasteiger partial charge in [-0.2, -0.15) is 0 Å². The molecule has 19 heavy (non-hydrogen) atoms. The van der Waals surface area contributed by atoms with Gasteiger partial charge in [-0.1, -0.05) is 0 Å². The quantitative estimate of drug-likeness (QED) is 0.758. The van der Waals surface area contributed by atoms with Crippen LogP contribution in [0.4, 0.5) is 0 Å². The summed E-state index contributed by atoms with van der Waals surface area (Å²) in [5, 5.41) is 3.78. The minimum Gasteiger partial charge on any atom is -0.311 e. The second-order valence-electron chi connectivity index (χ2n) is 7.91. The van der Waals surface area contributed by atoms with Crippen LogP contribution in [-0.4, -0.2) is 36.6 Å². The normalized spacial score (nSPS) is 38.1. The molecule has 4 fully saturated rings. The lowest BCUT2D eigenvalue weighted by molar-refractivity contribution is 0.206. The predicted octanol–water partition coefficient (Wildman–Crippen LogP) is 3.03. The van der Waals surface area contributed by atoms with E-state index in [2.05, 4.69) is 10.2 Å². The van der Waals surface area contributed by atoms with Gasteiger partial charge in [-0.3, -0.25) is 0 Å². The Kier molecular flexibility index (Phi) is 3.57. The summed E-state index contributed by atoms with van der Waals surface area (Å²) in [5.74, 6) is 3.17. The first-order chi connectivity index (χ1) is 9.35. The zero-order valence-electron chi connectivity index (χ0n) is 12.3. The van der Waals surface area contributed by atoms with Crippen LogP contribution in [0.5, 0.6) is 0 Å². The standard InChI is InChI=1S/C17H30N2/c1-2-13(1)11-19(12-14-3-4-14)8-7-15-9-16-5-6-17(10-15)18-16/h13-18H,1-12H2. The highest BCUT2D eigenvalue weighted by Gasteiger charge is 2.34. The molecule has 4 rings (SSSR count). The van der Waals surface area contributed by atoms with Gasteiger partial charge in [-0.15, -0.1) is 0 Å². The third kappa shape index (κ3) is 3.52. The number of piperidine rings is 1. The van der Waals surface area contributed by atoms with Crippen molar-refractivity contribution in [2.45, 2.75) is 69.9 Å². The maximum absolute atomic E-state index is 3.78. The summed E-state index contributed by atoms with van der Waals surface area (Å²) in [6.45, 7) is 4.25. The van der Waals surface area contributed by atoms with Crippen LogP contribution < -0.4 is 5.32 Å². The molecule has 0 radical (unpaired) electrons. The van der Waals surface area contributed by atoms with Gasteiger partial charge in [0.2, 0.25) is 0 Å². The van der Waals surface area contributed by atoms with Crippen LogP contribution in [0.1, 0.15) is 57.8 Å². The van der Waals surface area contributed by atoms with Crippen LogP contribution >= 0.6 is 0 Å². The van der Waals surface area contributed by atoms with Crippen molar-refractivity contribution in [3.05, 3.63) is 0 Å². The molecule has 2 nitrogen and oxygen atoms in total. The van der Waals surface area contributed by atoms with E-state index in [-0.39, 0.29) is 0 Å². The van der Waals surface area contributed by atoms with Crippen molar-refractivity contribution in [2.75, 3.05) is 19.6 Å². The van der Waals surface area contributed by atoms with Gasteiger partial charge >= 0.3 is 0 Å². The van der Waals surface area contributed by atoms with Crippen LogP contribution in [0.3, 0.4) is 0 Å². The van der Waals surface area contributed by atoms with E-state index >= 15 is 0 Å². The van der Waals surface area contributed by atoms with Crippen LogP contribution in [0.15, 0.2) is 0 Å². The maximum Gasteiger partial charge on any atom is 0.00728 e. The Balaban J connectivity index is 1.24. The Morgan fingerprint density at radius 2 is 1.32 bits per heavy atom. The van der Waals surface area contributed by atoms with Gasteiger partial charge in [0, 0.05) is 25.2 Å². The molecule has 108 valence electrons. The second-order valence-corrected chi connectivity index (χ2v) is 7.91. The molecule has 2 heterocycles. The van der Waals surface area contributed by atoms with Crippen molar-refractivity contribution in [1.82, 2.24) is 10.2 Å². The monoisotopic (exact) mass is 262 g/mol. The molecular weight excluding hydrogens is 232 g/mol. The number of nitrogens with zero attached hydrogens (tertiary/aromatic N) is 1. The summed E-state index contributed by atoms with van der Waals surface area (Å²) >= 11 is 0. The summed E-state index contributed by atoms with van der Waals surface area (Å²) in [6, 6.07) is 1.76. The van der Waals surface area contributed by atoms with E-state index in [0.29, 0.717) is 0 Å². The lowest BCUT2D eigenvalue weighted by Crippen LogP contribution is -2.39. The first-order valence-corrected chi connectivity index (χ1v) is 8.83. The molecule has 0 spiro atoms. The van der Waals surface area contributed by atoms with E-state index in [4.69, 9.17) is 0 Å². The highest BCUT2D eigenvalue weighted by Crippen LogP contribution is 2.35. The number of fused-ring (bicyclic) bond motifs is 2.